The minimum absolute atomic E-state index is 0.631. The fourth-order valence-corrected chi connectivity index (χ4v) is 6.63. The van der Waals surface area contributed by atoms with Crippen molar-refractivity contribution in [1.82, 2.24) is 19.5 Å². The molecule has 0 saturated carbocycles. The van der Waals surface area contributed by atoms with Crippen LogP contribution in [0.1, 0.15) is 0 Å². The zero-order valence-electron chi connectivity index (χ0n) is 26.6. The third-order valence-corrected chi connectivity index (χ3v) is 9.08. The second-order valence-electron chi connectivity index (χ2n) is 12.1. The lowest BCUT2D eigenvalue weighted by Gasteiger charge is -2.11. The van der Waals surface area contributed by atoms with Crippen LogP contribution in [0.4, 0.5) is 0 Å². The Morgan fingerprint density at radius 2 is 0.673 bits per heavy atom. The molecule has 9 rings (SSSR count). The van der Waals surface area contributed by atoms with Crippen LogP contribution in [0.5, 0.6) is 0 Å². The third kappa shape index (κ3) is 5.35. The molecule has 7 aromatic carbocycles. The molecule has 0 radical (unpaired) electrons. The van der Waals surface area contributed by atoms with E-state index in [4.69, 9.17) is 15.0 Å². The molecule has 0 amide bonds. The van der Waals surface area contributed by atoms with Crippen molar-refractivity contribution in [3.05, 3.63) is 182 Å². The SMILES string of the molecule is c1ccc(-c2ccc(-c3nc(-c4ccc(-n5c6ccccc6c6ccccc65)cc4)nc(-c4cccc(-c5ccccc5)c4)n3)cc2)cc1. The maximum atomic E-state index is 5.06. The summed E-state index contributed by atoms with van der Waals surface area (Å²) in [6.45, 7) is 0. The molecular formula is C45H30N4. The maximum Gasteiger partial charge on any atom is 0.164 e. The van der Waals surface area contributed by atoms with E-state index in [1.807, 2.05) is 12.1 Å². The molecule has 0 bridgehead atoms. The van der Waals surface area contributed by atoms with Gasteiger partial charge in [-0.05, 0) is 64.7 Å². The van der Waals surface area contributed by atoms with Gasteiger partial charge in [-0.3, -0.25) is 0 Å². The monoisotopic (exact) mass is 626 g/mol. The molecule has 0 atom stereocenters. The summed E-state index contributed by atoms with van der Waals surface area (Å²) in [5.74, 6) is 1.90. The van der Waals surface area contributed by atoms with E-state index in [1.165, 1.54) is 27.4 Å². The minimum atomic E-state index is 0.631. The molecule has 2 heterocycles. The van der Waals surface area contributed by atoms with Gasteiger partial charge >= 0.3 is 0 Å². The van der Waals surface area contributed by atoms with Gasteiger partial charge in [0.05, 0.1) is 11.0 Å². The Hall–Kier alpha value is -6.65. The van der Waals surface area contributed by atoms with Crippen molar-refractivity contribution < 1.29 is 0 Å². The Kier molecular flexibility index (Phi) is 7.10. The van der Waals surface area contributed by atoms with E-state index < -0.39 is 0 Å². The Morgan fingerprint density at radius 1 is 0.286 bits per heavy atom. The summed E-state index contributed by atoms with van der Waals surface area (Å²) < 4.78 is 2.32. The lowest BCUT2D eigenvalue weighted by molar-refractivity contribution is 1.07. The van der Waals surface area contributed by atoms with Crippen LogP contribution in [0.2, 0.25) is 0 Å². The zero-order chi connectivity index (χ0) is 32.6. The summed E-state index contributed by atoms with van der Waals surface area (Å²) in [6, 6.07) is 63.3. The first-order valence-corrected chi connectivity index (χ1v) is 16.5. The standard InChI is InChI=1S/C45H30N4/c1-3-12-31(13-4-1)33-22-24-34(25-23-33)43-46-44(48-45(47-43)37-17-11-16-36(30-37)32-14-5-2-6-15-32)35-26-28-38(29-27-35)49-41-20-9-7-18-39(41)40-19-8-10-21-42(40)49/h1-30H. The molecule has 0 aliphatic carbocycles. The Balaban J connectivity index is 1.16. The largest absolute Gasteiger partial charge is 0.309 e. The van der Waals surface area contributed by atoms with Crippen molar-refractivity contribution in [2.45, 2.75) is 0 Å². The van der Waals surface area contributed by atoms with E-state index in [0.29, 0.717) is 17.5 Å². The number of nitrogens with zero attached hydrogens (tertiary/aromatic N) is 4. The van der Waals surface area contributed by atoms with Crippen LogP contribution in [0.3, 0.4) is 0 Å². The molecule has 0 saturated heterocycles. The van der Waals surface area contributed by atoms with E-state index in [0.717, 1.165) is 39.1 Å². The molecule has 4 nitrogen and oxygen atoms in total. The predicted octanol–water partition coefficient (Wildman–Crippen LogP) is 11.3. The van der Waals surface area contributed by atoms with Gasteiger partial charge in [0, 0.05) is 33.2 Å². The highest BCUT2D eigenvalue weighted by atomic mass is 15.0. The van der Waals surface area contributed by atoms with Crippen molar-refractivity contribution in [2.24, 2.45) is 0 Å². The molecule has 4 heteroatoms. The smallest absolute Gasteiger partial charge is 0.164 e. The fraction of sp³-hybridized carbons (Fsp3) is 0. The number of hydrogen-bond acceptors (Lipinski definition) is 3. The van der Waals surface area contributed by atoms with Gasteiger partial charge in [0.15, 0.2) is 17.5 Å². The Labute approximate surface area is 284 Å². The number of rotatable bonds is 6. The van der Waals surface area contributed by atoms with E-state index in [1.54, 1.807) is 0 Å². The fourth-order valence-electron chi connectivity index (χ4n) is 6.63. The van der Waals surface area contributed by atoms with E-state index in [9.17, 15) is 0 Å². The van der Waals surface area contributed by atoms with E-state index in [2.05, 4.69) is 174 Å². The topological polar surface area (TPSA) is 43.6 Å². The molecule has 0 fully saturated rings. The normalized spacial score (nSPS) is 11.3. The molecule has 0 aliphatic rings. The van der Waals surface area contributed by atoms with Crippen LogP contribution in [-0.2, 0) is 0 Å². The van der Waals surface area contributed by atoms with Gasteiger partial charge < -0.3 is 4.57 Å². The summed E-state index contributed by atoms with van der Waals surface area (Å²) in [5, 5.41) is 2.48. The number of aromatic nitrogens is 4. The van der Waals surface area contributed by atoms with Gasteiger partial charge in [0.25, 0.3) is 0 Å². The van der Waals surface area contributed by atoms with Crippen molar-refractivity contribution in [3.8, 4) is 62.1 Å². The maximum absolute atomic E-state index is 5.06. The first-order chi connectivity index (χ1) is 24.3. The van der Waals surface area contributed by atoms with Crippen LogP contribution < -0.4 is 0 Å². The molecule has 49 heavy (non-hydrogen) atoms. The summed E-state index contributed by atoms with van der Waals surface area (Å²) >= 11 is 0. The van der Waals surface area contributed by atoms with E-state index in [-0.39, 0.29) is 0 Å². The number of benzene rings is 7. The highest BCUT2D eigenvalue weighted by Crippen LogP contribution is 2.33. The van der Waals surface area contributed by atoms with Gasteiger partial charge in [-0.15, -0.1) is 0 Å². The van der Waals surface area contributed by atoms with Gasteiger partial charge in [0.2, 0.25) is 0 Å². The molecule has 0 N–H and O–H groups in total. The van der Waals surface area contributed by atoms with Gasteiger partial charge in [-0.2, -0.15) is 0 Å². The van der Waals surface area contributed by atoms with Gasteiger partial charge in [-0.1, -0.05) is 140 Å². The predicted molar refractivity (Wildman–Crippen MR) is 201 cm³/mol. The average Bonchev–Trinajstić information content (AvgIpc) is 3.53. The number of fused-ring (bicyclic) bond motifs is 3. The third-order valence-electron chi connectivity index (χ3n) is 9.08. The average molecular weight is 627 g/mol. The first kappa shape index (κ1) is 28.6. The van der Waals surface area contributed by atoms with Crippen LogP contribution in [0, 0.1) is 0 Å². The Bertz CT molecular complexity index is 2520. The molecule has 0 spiro atoms. The zero-order valence-corrected chi connectivity index (χ0v) is 26.6. The summed E-state index contributed by atoms with van der Waals surface area (Å²) in [4.78, 5) is 15.1. The van der Waals surface area contributed by atoms with Crippen LogP contribution in [0.25, 0.3) is 83.9 Å². The van der Waals surface area contributed by atoms with Gasteiger partial charge in [-0.25, -0.2) is 15.0 Å². The number of hydrogen-bond donors (Lipinski definition) is 0. The molecule has 0 unspecified atom stereocenters. The minimum Gasteiger partial charge on any atom is -0.309 e. The molecule has 230 valence electrons. The summed E-state index contributed by atoms with van der Waals surface area (Å²) in [5.41, 5.74) is 10.8. The second kappa shape index (κ2) is 12.2. The first-order valence-electron chi connectivity index (χ1n) is 16.5. The summed E-state index contributed by atoms with van der Waals surface area (Å²) in [7, 11) is 0. The highest BCUT2D eigenvalue weighted by molar-refractivity contribution is 6.09. The van der Waals surface area contributed by atoms with Crippen molar-refractivity contribution in [3.63, 3.8) is 0 Å². The van der Waals surface area contributed by atoms with Crippen LogP contribution in [-0.4, -0.2) is 19.5 Å². The molecule has 2 aromatic heterocycles. The lowest BCUT2D eigenvalue weighted by Crippen LogP contribution is -2.01. The second-order valence-corrected chi connectivity index (χ2v) is 12.1. The van der Waals surface area contributed by atoms with Crippen molar-refractivity contribution >= 4 is 21.8 Å². The molecular weight excluding hydrogens is 597 g/mol. The molecule has 0 aliphatic heterocycles. The quantitative estimate of drug-likeness (QED) is 0.184. The Morgan fingerprint density at radius 3 is 1.24 bits per heavy atom. The number of para-hydroxylation sites is 2. The van der Waals surface area contributed by atoms with E-state index >= 15 is 0 Å². The van der Waals surface area contributed by atoms with Crippen LogP contribution in [0.15, 0.2) is 182 Å². The van der Waals surface area contributed by atoms with Crippen molar-refractivity contribution in [1.29, 1.82) is 0 Å². The lowest BCUT2D eigenvalue weighted by atomic mass is 10.0. The van der Waals surface area contributed by atoms with Crippen LogP contribution >= 0.6 is 0 Å². The molecule has 9 aromatic rings. The van der Waals surface area contributed by atoms with Crippen molar-refractivity contribution in [2.75, 3.05) is 0 Å². The highest BCUT2D eigenvalue weighted by Gasteiger charge is 2.15. The van der Waals surface area contributed by atoms with Gasteiger partial charge in [0.1, 0.15) is 0 Å². The summed E-state index contributed by atoms with van der Waals surface area (Å²) in [6.07, 6.45) is 0.